The highest BCUT2D eigenvalue weighted by Gasteiger charge is 2.39. The van der Waals surface area contributed by atoms with E-state index < -0.39 is 0 Å². The quantitative estimate of drug-likeness (QED) is 0.753. The first kappa shape index (κ1) is 10.1. The molecule has 17 heavy (non-hydrogen) atoms. The van der Waals surface area contributed by atoms with Crippen LogP contribution >= 0.6 is 0 Å². The van der Waals surface area contributed by atoms with Gasteiger partial charge < -0.3 is 0 Å². The molecule has 0 unspecified atom stereocenters. The third-order valence-electron chi connectivity index (χ3n) is 3.49. The van der Waals surface area contributed by atoms with Crippen LogP contribution < -0.4 is 0 Å². The summed E-state index contributed by atoms with van der Waals surface area (Å²) in [4.78, 5) is 0. The lowest BCUT2D eigenvalue weighted by atomic mass is 10.0. The zero-order valence-corrected chi connectivity index (χ0v) is 9.51. The first-order valence-electron chi connectivity index (χ1n) is 5.93. The third kappa shape index (κ3) is 1.94. The van der Waals surface area contributed by atoms with E-state index in [2.05, 4.69) is 48.5 Å². The van der Waals surface area contributed by atoms with Crippen LogP contribution in [0.5, 0.6) is 0 Å². The van der Waals surface area contributed by atoms with Crippen molar-refractivity contribution in [1.82, 2.24) is 0 Å². The Bertz CT molecular complexity index is 548. The molecule has 82 valence electrons. The predicted molar refractivity (Wildman–Crippen MR) is 67.7 cm³/mol. The summed E-state index contributed by atoms with van der Waals surface area (Å²) in [6.07, 6.45) is 1.23. The Morgan fingerprint density at radius 3 is 2.00 bits per heavy atom. The molecule has 0 aromatic heterocycles. The minimum Gasteiger partial charge on any atom is -0.192 e. The first-order valence-corrected chi connectivity index (χ1v) is 5.93. The van der Waals surface area contributed by atoms with Gasteiger partial charge in [-0.25, -0.2) is 0 Å². The lowest BCUT2D eigenvalue weighted by Gasteiger charge is -2.01. The van der Waals surface area contributed by atoms with Crippen molar-refractivity contribution >= 4 is 0 Å². The molecule has 1 aliphatic carbocycles. The van der Waals surface area contributed by atoms with Crippen LogP contribution in [0.3, 0.4) is 0 Å². The summed E-state index contributed by atoms with van der Waals surface area (Å²) in [5, 5.41) is 8.76. The second-order valence-corrected chi connectivity index (χ2v) is 4.59. The Kier molecular flexibility index (Phi) is 2.42. The number of rotatable bonds is 2. The van der Waals surface area contributed by atoms with Gasteiger partial charge in [-0.05, 0) is 41.5 Å². The summed E-state index contributed by atoms with van der Waals surface area (Å²) in [7, 11) is 0. The molecule has 0 radical (unpaired) electrons. The average Bonchev–Trinajstić information content (AvgIpc) is 3.20. The van der Waals surface area contributed by atoms with Crippen molar-refractivity contribution in [1.29, 1.82) is 5.26 Å². The minimum atomic E-state index is 0.644. The van der Waals surface area contributed by atoms with Gasteiger partial charge in [-0.15, -0.1) is 0 Å². The fourth-order valence-corrected chi connectivity index (χ4v) is 2.44. The Hall–Kier alpha value is -2.07. The molecule has 0 aliphatic heterocycles. The van der Waals surface area contributed by atoms with Gasteiger partial charge in [0.2, 0.25) is 0 Å². The van der Waals surface area contributed by atoms with Crippen molar-refractivity contribution < 1.29 is 0 Å². The molecule has 3 rings (SSSR count). The van der Waals surface area contributed by atoms with E-state index in [1.807, 2.05) is 12.1 Å². The highest BCUT2D eigenvalue weighted by Crippen LogP contribution is 2.54. The van der Waals surface area contributed by atoms with Crippen molar-refractivity contribution in [3.63, 3.8) is 0 Å². The standard InChI is InChI=1S/C16H13N/c17-11-12-6-8-14(9-7-12)16-10-15(16)13-4-2-1-3-5-13/h1-9,15-16H,10H2/t15-,16+/m0/s1. The zero-order chi connectivity index (χ0) is 11.7. The van der Waals surface area contributed by atoms with Crippen LogP contribution in [0.2, 0.25) is 0 Å². The van der Waals surface area contributed by atoms with Crippen LogP contribution in [-0.4, -0.2) is 0 Å². The molecular formula is C16H13N. The van der Waals surface area contributed by atoms with Crippen LogP contribution in [0.25, 0.3) is 0 Å². The summed E-state index contributed by atoms with van der Waals surface area (Å²) in [6, 6.07) is 20.8. The molecule has 2 aromatic carbocycles. The maximum absolute atomic E-state index is 8.76. The smallest absolute Gasteiger partial charge is 0.0991 e. The first-order chi connectivity index (χ1) is 8.38. The van der Waals surface area contributed by atoms with Crippen LogP contribution in [-0.2, 0) is 0 Å². The van der Waals surface area contributed by atoms with Crippen molar-refractivity contribution in [2.45, 2.75) is 18.3 Å². The Morgan fingerprint density at radius 2 is 1.41 bits per heavy atom. The molecule has 0 N–H and O–H groups in total. The molecule has 0 spiro atoms. The van der Waals surface area contributed by atoms with E-state index in [0.717, 1.165) is 5.56 Å². The van der Waals surface area contributed by atoms with Gasteiger partial charge >= 0.3 is 0 Å². The maximum atomic E-state index is 8.76. The molecular weight excluding hydrogens is 206 g/mol. The van der Waals surface area contributed by atoms with Crippen LogP contribution in [0.4, 0.5) is 0 Å². The van der Waals surface area contributed by atoms with Crippen molar-refractivity contribution in [2.24, 2.45) is 0 Å². The van der Waals surface area contributed by atoms with Gasteiger partial charge in [0.25, 0.3) is 0 Å². The summed E-state index contributed by atoms with van der Waals surface area (Å²) in [6.45, 7) is 0. The molecule has 1 saturated carbocycles. The summed E-state index contributed by atoms with van der Waals surface area (Å²) < 4.78 is 0. The lowest BCUT2D eigenvalue weighted by molar-refractivity contribution is 1.03. The van der Waals surface area contributed by atoms with Crippen LogP contribution in [0, 0.1) is 11.3 Å². The largest absolute Gasteiger partial charge is 0.192 e. The Labute approximate surface area is 101 Å². The maximum Gasteiger partial charge on any atom is 0.0991 e. The summed E-state index contributed by atoms with van der Waals surface area (Å²) in [5.74, 6) is 1.31. The van der Waals surface area contributed by atoms with Gasteiger partial charge in [-0.2, -0.15) is 5.26 Å². The number of hydrogen-bond acceptors (Lipinski definition) is 1. The van der Waals surface area contributed by atoms with Crippen LogP contribution in [0.15, 0.2) is 54.6 Å². The SMILES string of the molecule is N#Cc1ccc([C@H]2C[C@H]2c2ccccc2)cc1. The van der Waals surface area contributed by atoms with Gasteiger partial charge in [0, 0.05) is 0 Å². The fraction of sp³-hybridized carbons (Fsp3) is 0.188. The van der Waals surface area contributed by atoms with Gasteiger partial charge in [0.1, 0.15) is 0 Å². The summed E-state index contributed by atoms with van der Waals surface area (Å²) >= 11 is 0. The lowest BCUT2D eigenvalue weighted by Crippen LogP contribution is -1.84. The number of hydrogen-bond donors (Lipinski definition) is 0. The van der Waals surface area contributed by atoms with Gasteiger partial charge in [0.05, 0.1) is 11.6 Å². The number of benzene rings is 2. The van der Waals surface area contributed by atoms with E-state index in [-0.39, 0.29) is 0 Å². The number of nitriles is 1. The van der Waals surface area contributed by atoms with E-state index in [0.29, 0.717) is 11.8 Å². The number of nitrogens with zero attached hydrogens (tertiary/aromatic N) is 1. The normalized spacial score (nSPS) is 21.8. The van der Waals surface area contributed by atoms with Gasteiger partial charge in [-0.1, -0.05) is 42.5 Å². The van der Waals surface area contributed by atoms with Crippen molar-refractivity contribution in [2.75, 3.05) is 0 Å². The van der Waals surface area contributed by atoms with Gasteiger partial charge in [-0.3, -0.25) is 0 Å². The molecule has 0 saturated heterocycles. The second-order valence-electron chi connectivity index (χ2n) is 4.59. The highest BCUT2D eigenvalue weighted by atomic mass is 14.4. The molecule has 0 amide bonds. The van der Waals surface area contributed by atoms with E-state index >= 15 is 0 Å². The molecule has 1 fully saturated rings. The zero-order valence-electron chi connectivity index (χ0n) is 9.51. The molecule has 0 heterocycles. The highest BCUT2D eigenvalue weighted by molar-refractivity contribution is 5.39. The van der Waals surface area contributed by atoms with E-state index in [1.165, 1.54) is 17.5 Å². The molecule has 1 heteroatoms. The minimum absolute atomic E-state index is 0.644. The molecule has 0 bridgehead atoms. The van der Waals surface area contributed by atoms with E-state index in [1.54, 1.807) is 0 Å². The average molecular weight is 219 g/mol. The molecule has 2 atom stereocenters. The Balaban J connectivity index is 1.78. The topological polar surface area (TPSA) is 23.8 Å². The Morgan fingerprint density at radius 1 is 0.824 bits per heavy atom. The molecule has 2 aromatic rings. The molecule has 1 aliphatic rings. The third-order valence-corrected chi connectivity index (χ3v) is 3.49. The van der Waals surface area contributed by atoms with Crippen molar-refractivity contribution in [3.8, 4) is 6.07 Å². The predicted octanol–water partition coefficient (Wildman–Crippen LogP) is 3.83. The summed E-state index contributed by atoms with van der Waals surface area (Å²) in [5.41, 5.74) is 3.53. The van der Waals surface area contributed by atoms with E-state index in [9.17, 15) is 0 Å². The van der Waals surface area contributed by atoms with Crippen LogP contribution in [0.1, 0.15) is 34.9 Å². The van der Waals surface area contributed by atoms with Crippen molar-refractivity contribution in [3.05, 3.63) is 71.3 Å². The second kappa shape index (κ2) is 4.07. The monoisotopic (exact) mass is 219 g/mol. The van der Waals surface area contributed by atoms with E-state index in [4.69, 9.17) is 5.26 Å². The molecule has 1 nitrogen and oxygen atoms in total. The fourth-order valence-electron chi connectivity index (χ4n) is 2.44. The van der Waals surface area contributed by atoms with Gasteiger partial charge in [0.15, 0.2) is 0 Å².